The van der Waals surface area contributed by atoms with Crippen molar-refractivity contribution in [2.75, 3.05) is 13.1 Å². The van der Waals surface area contributed by atoms with Gasteiger partial charge < -0.3 is 5.32 Å². The normalized spacial score (nSPS) is 16.1. The van der Waals surface area contributed by atoms with Crippen molar-refractivity contribution in [3.8, 4) is 0 Å². The van der Waals surface area contributed by atoms with Crippen molar-refractivity contribution in [2.24, 2.45) is 5.92 Å². The highest BCUT2D eigenvalue weighted by atomic mass is 32.2. The smallest absolute Gasteiger partial charge is 0.246 e. The Balaban J connectivity index is 1.61. The number of piperidine rings is 1. The molecule has 3 rings (SSSR count). The number of hydrogen-bond acceptors (Lipinski definition) is 3. The molecule has 1 heterocycles. The van der Waals surface area contributed by atoms with Gasteiger partial charge >= 0.3 is 0 Å². The monoisotopic (exact) mass is 412 g/mol. The van der Waals surface area contributed by atoms with Gasteiger partial charge in [0.2, 0.25) is 15.9 Å². The zero-order chi connectivity index (χ0) is 20.3. The first kappa shape index (κ1) is 20.3. The van der Waals surface area contributed by atoms with Gasteiger partial charge in [-0.2, -0.15) is 4.31 Å². The molecular formula is C19H19F3N2O3S. The molecule has 5 nitrogen and oxygen atoms in total. The lowest BCUT2D eigenvalue weighted by molar-refractivity contribution is -0.126. The van der Waals surface area contributed by atoms with Gasteiger partial charge in [-0.3, -0.25) is 4.79 Å². The van der Waals surface area contributed by atoms with E-state index in [9.17, 15) is 26.4 Å². The SMILES string of the molecule is O=C(NCc1ccccc1)C1CCN(S(=O)(=O)c2ccc(F)c(F)c2F)CC1. The van der Waals surface area contributed by atoms with E-state index in [0.29, 0.717) is 18.7 Å². The number of carbonyl (C=O) groups is 1. The average Bonchev–Trinajstić information content (AvgIpc) is 2.71. The average molecular weight is 412 g/mol. The molecule has 0 spiro atoms. The van der Waals surface area contributed by atoms with Gasteiger partial charge in [-0.05, 0) is 30.5 Å². The summed E-state index contributed by atoms with van der Waals surface area (Å²) < 4.78 is 66.4. The van der Waals surface area contributed by atoms with Crippen LogP contribution in [0.15, 0.2) is 47.4 Å². The predicted molar refractivity (Wildman–Crippen MR) is 96.1 cm³/mol. The van der Waals surface area contributed by atoms with Crippen molar-refractivity contribution in [3.05, 3.63) is 65.5 Å². The van der Waals surface area contributed by atoms with Crippen molar-refractivity contribution >= 4 is 15.9 Å². The molecule has 0 saturated carbocycles. The highest BCUT2D eigenvalue weighted by Crippen LogP contribution is 2.27. The molecule has 0 aromatic heterocycles. The Morgan fingerprint density at radius 3 is 2.29 bits per heavy atom. The molecule has 0 unspecified atom stereocenters. The lowest BCUT2D eigenvalue weighted by atomic mass is 9.97. The van der Waals surface area contributed by atoms with Crippen LogP contribution in [-0.2, 0) is 21.4 Å². The Kier molecular flexibility index (Phi) is 6.04. The van der Waals surface area contributed by atoms with E-state index in [-0.39, 0.29) is 37.8 Å². The fraction of sp³-hybridized carbons (Fsp3) is 0.316. The van der Waals surface area contributed by atoms with Crippen LogP contribution in [0.25, 0.3) is 0 Å². The number of sulfonamides is 1. The van der Waals surface area contributed by atoms with Crippen LogP contribution in [0.1, 0.15) is 18.4 Å². The third-order valence-electron chi connectivity index (χ3n) is 4.75. The van der Waals surface area contributed by atoms with Crippen molar-refractivity contribution in [1.82, 2.24) is 9.62 Å². The lowest BCUT2D eigenvalue weighted by Crippen LogP contribution is -2.43. The Bertz CT molecular complexity index is 960. The molecule has 0 bridgehead atoms. The molecule has 9 heteroatoms. The zero-order valence-corrected chi connectivity index (χ0v) is 15.7. The van der Waals surface area contributed by atoms with E-state index < -0.39 is 32.4 Å². The molecule has 2 aromatic rings. The lowest BCUT2D eigenvalue weighted by Gasteiger charge is -2.30. The molecule has 1 aliphatic heterocycles. The van der Waals surface area contributed by atoms with Gasteiger partial charge in [0.15, 0.2) is 17.5 Å². The third-order valence-corrected chi connectivity index (χ3v) is 6.67. The molecule has 2 aromatic carbocycles. The van der Waals surface area contributed by atoms with Crippen LogP contribution >= 0.6 is 0 Å². The van der Waals surface area contributed by atoms with Gasteiger partial charge in [-0.15, -0.1) is 0 Å². The first-order valence-electron chi connectivity index (χ1n) is 8.76. The van der Waals surface area contributed by atoms with Crippen LogP contribution < -0.4 is 5.32 Å². The van der Waals surface area contributed by atoms with Crippen molar-refractivity contribution in [3.63, 3.8) is 0 Å². The Hall–Kier alpha value is -2.39. The predicted octanol–water partition coefficient (Wildman–Crippen LogP) is 2.82. The first-order chi connectivity index (χ1) is 13.3. The molecule has 28 heavy (non-hydrogen) atoms. The van der Waals surface area contributed by atoms with E-state index >= 15 is 0 Å². The minimum absolute atomic E-state index is 0.00973. The highest BCUT2D eigenvalue weighted by Gasteiger charge is 2.34. The first-order valence-corrected chi connectivity index (χ1v) is 10.2. The van der Waals surface area contributed by atoms with Crippen molar-refractivity contribution < 1.29 is 26.4 Å². The quantitative estimate of drug-likeness (QED) is 0.768. The Morgan fingerprint density at radius 1 is 1.00 bits per heavy atom. The molecule has 1 N–H and O–H groups in total. The fourth-order valence-electron chi connectivity index (χ4n) is 3.13. The molecule has 1 saturated heterocycles. The van der Waals surface area contributed by atoms with Gasteiger partial charge in [-0.25, -0.2) is 21.6 Å². The number of carbonyl (C=O) groups excluding carboxylic acids is 1. The van der Waals surface area contributed by atoms with Crippen molar-refractivity contribution in [1.29, 1.82) is 0 Å². The van der Waals surface area contributed by atoms with Gasteiger partial charge in [-0.1, -0.05) is 30.3 Å². The number of benzene rings is 2. The molecule has 0 aliphatic carbocycles. The summed E-state index contributed by atoms with van der Waals surface area (Å²) in [6.07, 6.45) is 0.510. The number of nitrogens with one attached hydrogen (secondary N) is 1. The summed E-state index contributed by atoms with van der Waals surface area (Å²) >= 11 is 0. The molecule has 1 fully saturated rings. The van der Waals surface area contributed by atoms with Crippen LogP contribution in [-0.4, -0.2) is 31.7 Å². The second kappa shape index (κ2) is 8.32. The second-order valence-corrected chi connectivity index (χ2v) is 8.46. The topological polar surface area (TPSA) is 66.5 Å². The number of hydrogen-bond donors (Lipinski definition) is 1. The van der Waals surface area contributed by atoms with E-state index in [1.54, 1.807) is 0 Å². The molecule has 1 aliphatic rings. The number of amides is 1. The van der Waals surface area contributed by atoms with Crippen molar-refractivity contribution in [2.45, 2.75) is 24.3 Å². The minimum Gasteiger partial charge on any atom is -0.352 e. The largest absolute Gasteiger partial charge is 0.352 e. The highest BCUT2D eigenvalue weighted by molar-refractivity contribution is 7.89. The van der Waals surface area contributed by atoms with Gasteiger partial charge in [0, 0.05) is 25.6 Å². The van der Waals surface area contributed by atoms with E-state index in [0.717, 1.165) is 9.87 Å². The standard InChI is InChI=1S/C19H19F3N2O3S/c20-15-6-7-16(18(22)17(15)21)28(26,27)24-10-8-14(9-11-24)19(25)23-12-13-4-2-1-3-5-13/h1-7,14H,8-12H2,(H,23,25). The fourth-order valence-corrected chi connectivity index (χ4v) is 4.66. The summed E-state index contributed by atoms with van der Waals surface area (Å²) in [4.78, 5) is 11.4. The third kappa shape index (κ3) is 4.20. The van der Waals surface area contributed by atoms with E-state index in [1.807, 2.05) is 30.3 Å². The molecular weight excluding hydrogens is 393 g/mol. The van der Waals surface area contributed by atoms with E-state index in [4.69, 9.17) is 0 Å². The Labute approximate surface area is 161 Å². The van der Waals surface area contributed by atoms with Crippen LogP contribution in [0.2, 0.25) is 0 Å². The van der Waals surface area contributed by atoms with E-state index in [2.05, 4.69) is 5.32 Å². The number of rotatable bonds is 5. The summed E-state index contributed by atoms with van der Waals surface area (Å²) in [5, 5.41) is 2.82. The maximum atomic E-state index is 13.9. The second-order valence-electron chi connectivity index (χ2n) is 6.56. The minimum atomic E-state index is -4.32. The van der Waals surface area contributed by atoms with Crippen LogP contribution in [0.4, 0.5) is 13.2 Å². The van der Waals surface area contributed by atoms with Gasteiger partial charge in [0.1, 0.15) is 4.90 Å². The van der Waals surface area contributed by atoms with Crippen LogP contribution in [0, 0.1) is 23.4 Å². The maximum Gasteiger partial charge on any atom is 0.246 e. The molecule has 0 radical (unpaired) electrons. The maximum absolute atomic E-state index is 13.9. The number of nitrogens with zero attached hydrogens (tertiary/aromatic N) is 1. The van der Waals surface area contributed by atoms with E-state index in [1.165, 1.54) is 0 Å². The zero-order valence-electron chi connectivity index (χ0n) is 14.9. The molecule has 0 atom stereocenters. The van der Waals surface area contributed by atoms with Crippen LogP contribution in [0.3, 0.4) is 0 Å². The molecule has 150 valence electrons. The summed E-state index contributed by atoms with van der Waals surface area (Å²) in [5.41, 5.74) is 0.949. The summed E-state index contributed by atoms with van der Waals surface area (Å²) in [6.45, 7) is 0.354. The van der Waals surface area contributed by atoms with Crippen LogP contribution in [0.5, 0.6) is 0 Å². The summed E-state index contributed by atoms with van der Waals surface area (Å²) in [6, 6.07) is 10.6. The number of halogens is 3. The molecule has 1 amide bonds. The van der Waals surface area contributed by atoms with Gasteiger partial charge in [0.05, 0.1) is 0 Å². The summed E-state index contributed by atoms with van der Waals surface area (Å²) in [5.74, 6) is -5.56. The van der Waals surface area contributed by atoms with Gasteiger partial charge in [0.25, 0.3) is 0 Å². The Morgan fingerprint density at radius 2 is 1.64 bits per heavy atom. The summed E-state index contributed by atoms with van der Waals surface area (Å²) in [7, 11) is -4.32.